The van der Waals surface area contributed by atoms with E-state index in [0.717, 1.165) is 5.56 Å². The highest BCUT2D eigenvalue weighted by Crippen LogP contribution is 2.25. The molecule has 29 heavy (non-hydrogen) atoms. The fourth-order valence-electron chi connectivity index (χ4n) is 2.74. The second-order valence-corrected chi connectivity index (χ2v) is 6.17. The number of aromatic nitrogens is 3. The Morgan fingerprint density at radius 3 is 2.59 bits per heavy atom. The summed E-state index contributed by atoms with van der Waals surface area (Å²) in [5, 5.41) is 3.71. The molecule has 0 fully saturated rings. The highest BCUT2D eigenvalue weighted by Gasteiger charge is 2.15. The van der Waals surface area contributed by atoms with Crippen molar-refractivity contribution in [3.63, 3.8) is 0 Å². The largest absolute Gasteiger partial charge is 0.439 e. The van der Waals surface area contributed by atoms with Crippen molar-refractivity contribution < 1.29 is 17.9 Å². The Bertz CT molecular complexity index is 1140. The highest BCUT2D eigenvalue weighted by atomic mass is 19.3. The van der Waals surface area contributed by atoms with Gasteiger partial charge in [0.2, 0.25) is 5.88 Å². The summed E-state index contributed by atoms with van der Waals surface area (Å²) in [7, 11) is 0. The lowest BCUT2D eigenvalue weighted by Crippen LogP contribution is -2.06. The minimum absolute atomic E-state index is 0.312. The van der Waals surface area contributed by atoms with E-state index >= 15 is 0 Å². The van der Waals surface area contributed by atoms with E-state index in [-0.39, 0.29) is 0 Å². The van der Waals surface area contributed by atoms with E-state index in [1.165, 1.54) is 12.1 Å². The van der Waals surface area contributed by atoms with E-state index in [1.54, 1.807) is 54.7 Å². The maximum absolute atomic E-state index is 13.2. The maximum atomic E-state index is 13.2. The maximum Gasteiger partial charge on any atom is 0.297 e. The van der Waals surface area contributed by atoms with Gasteiger partial charge in [-0.3, -0.25) is 0 Å². The third-order valence-electron chi connectivity index (χ3n) is 4.09. The molecular formula is C21H15F3N4O. The average molecular weight is 396 g/mol. The zero-order chi connectivity index (χ0) is 20.2. The minimum Gasteiger partial charge on any atom is -0.439 e. The number of hydrogen-bond acceptors (Lipinski definition) is 5. The van der Waals surface area contributed by atoms with Gasteiger partial charge in [0.25, 0.3) is 6.43 Å². The van der Waals surface area contributed by atoms with Crippen LogP contribution in [0, 0.1) is 5.82 Å². The van der Waals surface area contributed by atoms with Crippen molar-refractivity contribution in [3.8, 4) is 11.6 Å². The van der Waals surface area contributed by atoms with E-state index in [2.05, 4.69) is 20.3 Å². The Labute approximate surface area is 164 Å². The van der Waals surface area contributed by atoms with Gasteiger partial charge in [0.15, 0.2) is 5.82 Å². The Balaban J connectivity index is 1.49. The highest BCUT2D eigenvalue weighted by molar-refractivity contribution is 5.89. The van der Waals surface area contributed by atoms with Gasteiger partial charge in [-0.1, -0.05) is 24.3 Å². The van der Waals surface area contributed by atoms with Gasteiger partial charge in [-0.15, -0.1) is 0 Å². The topological polar surface area (TPSA) is 59.9 Å². The summed E-state index contributed by atoms with van der Waals surface area (Å²) < 4.78 is 44.9. The molecular weight excluding hydrogens is 381 g/mol. The molecule has 2 aromatic heterocycles. The molecule has 0 spiro atoms. The summed E-state index contributed by atoms with van der Waals surface area (Å²) in [4.78, 5) is 12.0. The van der Waals surface area contributed by atoms with Crippen LogP contribution >= 0.6 is 0 Å². The predicted molar refractivity (Wildman–Crippen MR) is 103 cm³/mol. The Morgan fingerprint density at radius 1 is 0.966 bits per heavy atom. The molecule has 1 N–H and O–H groups in total. The molecule has 0 unspecified atom stereocenters. The number of hydrogen-bond donors (Lipinski definition) is 1. The molecule has 4 rings (SSSR count). The molecule has 0 saturated heterocycles. The van der Waals surface area contributed by atoms with Gasteiger partial charge >= 0.3 is 0 Å². The number of rotatable bonds is 6. The minimum atomic E-state index is -2.76. The number of fused-ring (bicyclic) bond motifs is 1. The van der Waals surface area contributed by atoms with E-state index in [0.29, 0.717) is 34.9 Å². The molecule has 0 bridgehead atoms. The Hall–Kier alpha value is -3.68. The van der Waals surface area contributed by atoms with Crippen LogP contribution in [0.4, 0.5) is 19.0 Å². The lowest BCUT2D eigenvalue weighted by molar-refractivity contribution is 0.141. The van der Waals surface area contributed by atoms with E-state index in [9.17, 15) is 13.2 Å². The summed E-state index contributed by atoms with van der Waals surface area (Å²) in [5.74, 6) is 0.0555. The molecule has 0 radical (unpaired) electrons. The fraction of sp³-hybridized carbons (Fsp3) is 0.0952. The summed E-state index contributed by atoms with van der Waals surface area (Å²) in [5.41, 5.74) is 1.23. The van der Waals surface area contributed by atoms with Crippen LogP contribution in [-0.4, -0.2) is 15.0 Å². The molecule has 8 heteroatoms. The molecule has 5 nitrogen and oxygen atoms in total. The van der Waals surface area contributed by atoms with Crippen molar-refractivity contribution in [1.29, 1.82) is 0 Å². The average Bonchev–Trinajstić information content (AvgIpc) is 2.73. The molecule has 0 aliphatic carbocycles. The number of anilines is 1. The summed E-state index contributed by atoms with van der Waals surface area (Å²) in [6.45, 7) is 0.316. The number of benzene rings is 2. The predicted octanol–water partition coefficient (Wildman–Crippen LogP) is 5.51. The Kier molecular flexibility index (Phi) is 5.24. The van der Waals surface area contributed by atoms with Crippen LogP contribution in [0.5, 0.6) is 11.6 Å². The van der Waals surface area contributed by atoms with Crippen LogP contribution in [-0.2, 0) is 6.54 Å². The van der Waals surface area contributed by atoms with Gasteiger partial charge in [0.05, 0.1) is 5.52 Å². The third-order valence-corrected chi connectivity index (χ3v) is 4.09. The van der Waals surface area contributed by atoms with Crippen molar-refractivity contribution in [3.05, 3.63) is 84.1 Å². The number of nitrogens with one attached hydrogen (secondary N) is 1. The van der Waals surface area contributed by atoms with Crippen molar-refractivity contribution in [2.24, 2.45) is 0 Å². The van der Waals surface area contributed by atoms with E-state index in [1.807, 2.05) is 0 Å². The van der Waals surface area contributed by atoms with Crippen LogP contribution in [0.1, 0.15) is 17.8 Å². The van der Waals surface area contributed by atoms with Gasteiger partial charge < -0.3 is 10.1 Å². The standard InChI is InChI=1S/C21H15F3N4O/c22-14-4-3-5-15(10-14)29-18-9-8-13(11-25-18)12-26-20-16-6-1-2-7-17(16)27-21(28-20)19(23)24/h1-11,19H,12H2,(H,26,27,28). The molecule has 2 heterocycles. The lowest BCUT2D eigenvalue weighted by atomic mass is 10.2. The number of alkyl halides is 2. The van der Waals surface area contributed by atoms with E-state index in [4.69, 9.17) is 4.74 Å². The van der Waals surface area contributed by atoms with Crippen molar-refractivity contribution in [2.75, 3.05) is 5.32 Å². The van der Waals surface area contributed by atoms with Gasteiger partial charge in [0, 0.05) is 30.3 Å². The zero-order valence-electron chi connectivity index (χ0n) is 15.0. The number of nitrogens with zero attached hydrogens (tertiary/aromatic N) is 3. The second-order valence-electron chi connectivity index (χ2n) is 6.17. The second kappa shape index (κ2) is 8.14. The Morgan fingerprint density at radius 2 is 1.83 bits per heavy atom. The van der Waals surface area contributed by atoms with Crippen LogP contribution in [0.25, 0.3) is 10.9 Å². The fourth-order valence-corrected chi connectivity index (χ4v) is 2.74. The molecule has 0 amide bonds. The first-order valence-corrected chi connectivity index (χ1v) is 8.75. The first kappa shape index (κ1) is 18.7. The molecule has 2 aromatic carbocycles. The molecule has 0 saturated carbocycles. The van der Waals surface area contributed by atoms with Crippen LogP contribution in [0.3, 0.4) is 0 Å². The van der Waals surface area contributed by atoms with Crippen molar-refractivity contribution >= 4 is 16.7 Å². The summed E-state index contributed by atoms with van der Waals surface area (Å²) in [6, 6.07) is 16.1. The lowest BCUT2D eigenvalue weighted by Gasteiger charge is -2.11. The first-order chi connectivity index (χ1) is 14.1. The molecule has 0 aliphatic rings. The monoisotopic (exact) mass is 396 g/mol. The van der Waals surface area contributed by atoms with Crippen LogP contribution < -0.4 is 10.1 Å². The molecule has 146 valence electrons. The van der Waals surface area contributed by atoms with Crippen LogP contribution in [0.2, 0.25) is 0 Å². The first-order valence-electron chi connectivity index (χ1n) is 8.75. The molecule has 4 aromatic rings. The molecule has 0 atom stereocenters. The molecule has 0 aliphatic heterocycles. The normalized spacial score (nSPS) is 11.0. The number of pyridine rings is 1. The van der Waals surface area contributed by atoms with E-state index < -0.39 is 18.1 Å². The summed E-state index contributed by atoms with van der Waals surface area (Å²) >= 11 is 0. The smallest absolute Gasteiger partial charge is 0.297 e. The zero-order valence-corrected chi connectivity index (χ0v) is 15.0. The number of halogens is 3. The van der Waals surface area contributed by atoms with Crippen LogP contribution in [0.15, 0.2) is 66.9 Å². The summed E-state index contributed by atoms with van der Waals surface area (Å²) in [6.07, 6.45) is -1.18. The van der Waals surface area contributed by atoms with Crippen molar-refractivity contribution in [1.82, 2.24) is 15.0 Å². The van der Waals surface area contributed by atoms with Crippen molar-refractivity contribution in [2.45, 2.75) is 13.0 Å². The van der Waals surface area contributed by atoms with Gasteiger partial charge in [-0.05, 0) is 29.8 Å². The number of para-hydroxylation sites is 1. The van der Waals surface area contributed by atoms with Gasteiger partial charge in [0.1, 0.15) is 17.4 Å². The number of ether oxygens (including phenoxy) is 1. The SMILES string of the molecule is Fc1cccc(Oc2ccc(CNc3nc(C(F)F)nc4ccccc34)cn2)c1. The quantitative estimate of drug-likeness (QED) is 0.466. The third kappa shape index (κ3) is 4.43. The van der Waals surface area contributed by atoms with Gasteiger partial charge in [-0.2, -0.15) is 0 Å². The van der Waals surface area contributed by atoms with Gasteiger partial charge in [-0.25, -0.2) is 28.1 Å².